The summed E-state index contributed by atoms with van der Waals surface area (Å²) in [5.41, 5.74) is 1.07. The van der Waals surface area contributed by atoms with E-state index in [1.807, 2.05) is 19.9 Å². The smallest absolute Gasteiger partial charge is 0.221 e. The Morgan fingerprint density at radius 3 is 2.43 bits per heavy atom. The van der Waals surface area contributed by atoms with Crippen LogP contribution in [0.25, 0.3) is 0 Å². The standard InChI is InChI=1S/C14H19N3O3S/c1-11(2)17-14(18)7-8-16-21(19,20)10-13-5-3-12(9-15)4-6-13/h3-6,11,16H,7-8,10H2,1-2H3,(H,17,18). The van der Waals surface area contributed by atoms with Crippen LogP contribution in [0, 0.1) is 11.3 Å². The van der Waals surface area contributed by atoms with E-state index in [9.17, 15) is 13.2 Å². The molecule has 0 fully saturated rings. The summed E-state index contributed by atoms with van der Waals surface area (Å²) in [6, 6.07) is 8.35. The monoisotopic (exact) mass is 309 g/mol. The van der Waals surface area contributed by atoms with Gasteiger partial charge >= 0.3 is 0 Å². The summed E-state index contributed by atoms with van der Waals surface area (Å²) in [5, 5.41) is 11.4. The summed E-state index contributed by atoms with van der Waals surface area (Å²) in [6.07, 6.45) is 0.102. The molecular weight excluding hydrogens is 290 g/mol. The van der Waals surface area contributed by atoms with Crippen molar-refractivity contribution in [3.05, 3.63) is 35.4 Å². The van der Waals surface area contributed by atoms with E-state index in [2.05, 4.69) is 10.0 Å². The van der Waals surface area contributed by atoms with Crippen LogP contribution in [0.1, 0.15) is 31.4 Å². The maximum atomic E-state index is 11.9. The Hall–Kier alpha value is -1.91. The summed E-state index contributed by atoms with van der Waals surface area (Å²) in [7, 11) is -3.49. The molecule has 0 saturated carbocycles. The Bertz CT molecular complexity index is 616. The second-order valence-corrected chi connectivity index (χ2v) is 6.74. The molecule has 114 valence electrons. The highest BCUT2D eigenvalue weighted by atomic mass is 32.2. The van der Waals surface area contributed by atoms with Gasteiger partial charge in [0.1, 0.15) is 0 Å². The Kier molecular flexibility index (Phi) is 6.34. The molecule has 21 heavy (non-hydrogen) atoms. The van der Waals surface area contributed by atoms with Crippen LogP contribution < -0.4 is 10.0 Å². The molecular formula is C14H19N3O3S. The first kappa shape index (κ1) is 17.1. The van der Waals surface area contributed by atoms with Crippen molar-refractivity contribution in [3.8, 4) is 6.07 Å². The van der Waals surface area contributed by atoms with Crippen LogP contribution in [0.15, 0.2) is 24.3 Å². The largest absolute Gasteiger partial charge is 0.354 e. The summed E-state index contributed by atoms with van der Waals surface area (Å²) in [5.74, 6) is -0.365. The van der Waals surface area contributed by atoms with Gasteiger partial charge < -0.3 is 5.32 Å². The van der Waals surface area contributed by atoms with Crippen molar-refractivity contribution in [3.63, 3.8) is 0 Å². The molecule has 0 aliphatic carbocycles. The maximum Gasteiger partial charge on any atom is 0.221 e. The molecule has 0 aromatic heterocycles. The highest BCUT2D eigenvalue weighted by Crippen LogP contribution is 2.07. The van der Waals surface area contributed by atoms with Gasteiger partial charge in [0, 0.05) is 19.0 Å². The number of benzene rings is 1. The predicted octanol–water partition coefficient (Wildman–Crippen LogP) is 0.892. The fourth-order valence-electron chi connectivity index (χ4n) is 1.66. The molecule has 0 heterocycles. The molecule has 0 unspecified atom stereocenters. The normalized spacial score (nSPS) is 11.1. The number of sulfonamides is 1. The van der Waals surface area contributed by atoms with Crippen LogP contribution in [-0.2, 0) is 20.6 Å². The number of nitrogens with one attached hydrogen (secondary N) is 2. The Morgan fingerprint density at radius 2 is 1.90 bits per heavy atom. The van der Waals surface area contributed by atoms with Gasteiger partial charge in [-0.05, 0) is 31.5 Å². The minimum Gasteiger partial charge on any atom is -0.354 e. The van der Waals surface area contributed by atoms with E-state index in [1.54, 1.807) is 24.3 Å². The van der Waals surface area contributed by atoms with Gasteiger partial charge in [0.05, 0.1) is 17.4 Å². The van der Waals surface area contributed by atoms with E-state index in [1.165, 1.54) is 0 Å². The fraction of sp³-hybridized carbons (Fsp3) is 0.429. The third-order valence-corrected chi connectivity index (χ3v) is 3.92. The Morgan fingerprint density at radius 1 is 1.29 bits per heavy atom. The molecule has 0 aliphatic rings. The quantitative estimate of drug-likeness (QED) is 0.781. The van der Waals surface area contributed by atoms with Gasteiger partial charge in [-0.3, -0.25) is 4.79 Å². The average Bonchev–Trinajstić information content (AvgIpc) is 2.38. The molecule has 0 spiro atoms. The zero-order valence-corrected chi connectivity index (χ0v) is 12.9. The van der Waals surface area contributed by atoms with Crippen molar-refractivity contribution in [1.29, 1.82) is 5.26 Å². The highest BCUT2D eigenvalue weighted by molar-refractivity contribution is 7.88. The molecule has 7 heteroatoms. The van der Waals surface area contributed by atoms with Crippen molar-refractivity contribution in [2.75, 3.05) is 6.54 Å². The van der Waals surface area contributed by atoms with Gasteiger partial charge in [-0.25, -0.2) is 13.1 Å². The molecule has 0 aliphatic heterocycles. The molecule has 1 aromatic rings. The molecule has 6 nitrogen and oxygen atoms in total. The van der Waals surface area contributed by atoms with Gasteiger partial charge in [-0.15, -0.1) is 0 Å². The van der Waals surface area contributed by atoms with Gasteiger partial charge in [0.15, 0.2) is 0 Å². The minimum absolute atomic E-state index is 0.0350. The third-order valence-electron chi connectivity index (χ3n) is 2.56. The number of carbonyl (C=O) groups is 1. The first-order chi connectivity index (χ1) is 9.82. The lowest BCUT2D eigenvalue weighted by Gasteiger charge is -2.09. The zero-order chi connectivity index (χ0) is 15.9. The van der Waals surface area contributed by atoms with Crippen LogP contribution in [0.3, 0.4) is 0 Å². The SMILES string of the molecule is CC(C)NC(=O)CCNS(=O)(=O)Cc1ccc(C#N)cc1. The number of carbonyl (C=O) groups excluding carboxylic acids is 1. The minimum atomic E-state index is -3.49. The lowest BCUT2D eigenvalue weighted by molar-refractivity contribution is -0.121. The fourth-order valence-corrected chi connectivity index (χ4v) is 2.81. The molecule has 0 bridgehead atoms. The van der Waals surface area contributed by atoms with Crippen molar-refractivity contribution in [1.82, 2.24) is 10.0 Å². The molecule has 0 radical (unpaired) electrons. The van der Waals surface area contributed by atoms with Gasteiger partial charge in [0.25, 0.3) is 0 Å². The third kappa shape index (κ3) is 6.88. The predicted molar refractivity (Wildman–Crippen MR) is 79.7 cm³/mol. The van der Waals surface area contributed by atoms with E-state index in [4.69, 9.17) is 5.26 Å². The molecule has 1 aromatic carbocycles. The first-order valence-corrected chi connectivity index (χ1v) is 8.23. The van der Waals surface area contributed by atoms with Crippen LogP contribution >= 0.6 is 0 Å². The number of nitrogens with zero attached hydrogens (tertiary/aromatic N) is 1. The highest BCUT2D eigenvalue weighted by Gasteiger charge is 2.12. The molecule has 1 rings (SSSR count). The van der Waals surface area contributed by atoms with Crippen molar-refractivity contribution < 1.29 is 13.2 Å². The lowest BCUT2D eigenvalue weighted by atomic mass is 10.2. The van der Waals surface area contributed by atoms with Crippen LogP contribution in [0.2, 0.25) is 0 Å². The molecule has 2 N–H and O–H groups in total. The molecule has 1 amide bonds. The number of hydrogen-bond acceptors (Lipinski definition) is 4. The van der Waals surface area contributed by atoms with Crippen LogP contribution in [0.4, 0.5) is 0 Å². The summed E-state index contributed by atoms with van der Waals surface area (Å²) < 4.78 is 26.1. The van der Waals surface area contributed by atoms with Crippen molar-refractivity contribution >= 4 is 15.9 Å². The second kappa shape index (κ2) is 7.76. The van der Waals surface area contributed by atoms with Gasteiger partial charge in [-0.1, -0.05) is 12.1 Å². The topological polar surface area (TPSA) is 99.1 Å². The zero-order valence-electron chi connectivity index (χ0n) is 12.1. The van der Waals surface area contributed by atoms with Crippen LogP contribution in [0.5, 0.6) is 0 Å². The van der Waals surface area contributed by atoms with Crippen molar-refractivity contribution in [2.45, 2.75) is 32.1 Å². The Labute approximate surface area is 125 Å². The summed E-state index contributed by atoms with van der Waals surface area (Å²) in [6.45, 7) is 3.75. The number of hydrogen-bond donors (Lipinski definition) is 2. The summed E-state index contributed by atoms with van der Waals surface area (Å²) >= 11 is 0. The van der Waals surface area contributed by atoms with Gasteiger partial charge in [0.2, 0.25) is 15.9 Å². The molecule has 0 saturated heterocycles. The van der Waals surface area contributed by atoms with E-state index >= 15 is 0 Å². The van der Waals surface area contributed by atoms with E-state index < -0.39 is 10.0 Å². The first-order valence-electron chi connectivity index (χ1n) is 6.58. The molecule has 0 atom stereocenters. The van der Waals surface area contributed by atoms with Gasteiger partial charge in [-0.2, -0.15) is 5.26 Å². The lowest BCUT2D eigenvalue weighted by Crippen LogP contribution is -2.34. The number of nitriles is 1. The maximum absolute atomic E-state index is 11.9. The van der Waals surface area contributed by atoms with Crippen LogP contribution in [-0.4, -0.2) is 26.9 Å². The van der Waals surface area contributed by atoms with E-state index in [0.717, 1.165) is 0 Å². The summed E-state index contributed by atoms with van der Waals surface area (Å²) in [4.78, 5) is 11.4. The average molecular weight is 309 g/mol. The number of amides is 1. The second-order valence-electron chi connectivity index (χ2n) is 4.93. The number of rotatable bonds is 7. The Balaban J connectivity index is 2.46. The van der Waals surface area contributed by atoms with Crippen molar-refractivity contribution in [2.24, 2.45) is 0 Å². The van der Waals surface area contributed by atoms with E-state index in [-0.39, 0.29) is 30.7 Å². The van der Waals surface area contributed by atoms with E-state index in [0.29, 0.717) is 11.1 Å².